The lowest BCUT2D eigenvalue weighted by atomic mass is 9.92. The summed E-state index contributed by atoms with van der Waals surface area (Å²) in [5.74, 6) is 0. The lowest BCUT2D eigenvalue weighted by Gasteiger charge is -2.32. The van der Waals surface area contributed by atoms with Crippen molar-refractivity contribution < 1.29 is 74.5 Å². The van der Waals surface area contributed by atoms with Gasteiger partial charge in [0.25, 0.3) is 23.5 Å². The van der Waals surface area contributed by atoms with E-state index in [4.69, 9.17) is 18.9 Å². The number of rotatable bonds is 26. The molecule has 3 atom stereocenters. The number of phosphoric acid groups is 3. The van der Waals surface area contributed by atoms with Gasteiger partial charge in [-0.05, 0) is 19.3 Å². The summed E-state index contributed by atoms with van der Waals surface area (Å²) in [6.07, 6.45) is 0.787. The highest BCUT2D eigenvalue weighted by molar-refractivity contribution is 7.46. The Bertz CT molecular complexity index is 635. The maximum atomic E-state index is 11.2. The Balaban J connectivity index is 4.75. The number of methoxy groups -OCH3 is 1. The maximum Gasteiger partial charge on any atom is 0.267 e. The molecule has 0 saturated heterocycles. The van der Waals surface area contributed by atoms with E-state index in [1.54, 1.807) is 0 Å². The lowest BCUT2D eigenvalue weighted by Crippen LogP contribution is -2.42. The summed E-state index contributed by atoms with van der Waals surface area (Å²) >= 11 is 0. The van der Waals surface area contributed by atoms with E-state index in [0.29, 0.717) is 0 Å². The number of ether oxygens (including phenoxy) is 4. The molecule has 0 aromatic heterocycles. The summed E-state index contributed by atoms with van der Waals surface area (Å²) in [5.41, 5.74) is -0.793. The van der Waals surface area contributed by atoms with E-state index < -0.39 is 28.9 Å². The first kappa shape index (κ1) is 37.2. The van der Waals surface area contributed by atoms with Gasteiger partial charge in [-0.3, -0.25) is 13.7 Å². The summed E-state index contributed by atoms with van der Waals surface area (Å²) in [6, 6.07) is 0. The van der Waals surface area contributed by atoms with Crippen molar-refractivity contribution in [3.63, 3.8) is 0 Å². The van der Waals surface area contributed by atoms with Gasteiger partial charge in [-0.25, -0.2) is 0 Å². The number of phosphoric ester groups is 3. The zero-order chi connectivity index (χ0) is 28.3. The van der Waals surface area contributed by atoms with Crippen molar-refractivity contribution in [3.8, 4) is 0 Å². The SMILES string of the molecule is COCC(COCCCOP(=O)([O-])OC)(COCCCOP(=O)([O-])OC)COCCCOP(=O)([O-])OC. The molecule has 0 aliphatic carbocycles. The van der Waals surface area contributed by atoms with E-state index in [-0.39, 0.29) is 85.3 Å². The molecule has 0 fully saturated rings. The van der Waals surface area contributed by atoms with Crippen LogP contribution >= 0.6 is 23.5 Å². The van der Waals surface area contributed by atoms with E-state index in [2.05, 4.69) is 27.1 Å². The normalized spacial score (nSPS) is 18.6. The van der Waals surface area contributed by atoms with Crippen molar-refractivity contribution in [3.05, 3.63) is 0 Å². The predicted molar refractivity (Wildman–Crippen MR) is 122 cm³/mol. The molecule has 16 nitrogen and oxygen atoms in total. The maximum absolute atomic E-state index is 11.2. The lowest BCUT2D eigenvalue weighted by molar-refractivity contribution is -0.224. The first-order valence-electron chi connectivity index (χ1n) is 11.1. The Hall–Kier alpha value is 0.170. The monoisotopic (exact) mass is 603 g/mol. The molecule has 0 aromatic carbocycles. The van der Waals surface area contributed by atoms with Gasteiger partial charge in [0.15, 0.2) is 0 Å². The molecule has 0 saturated carbocycles. The average Bonchev–Trinajstić information content (AvgIpc) is 2.85. The van der Waals surface area contributed by atoms with Crippen LogP contribution in [0.15, 0.2) is 0 Å². The second-order valence-corrected chi connectivity index (χ2v) is 12.1. The molecule has 0 aromatic rings. The molecule has 0 heterocycles. The van der Waals surface area contributed by atoms with Crippen LogP contribution in [0, 0.1) is 5.41 Å². The molecule has 0 bridgehead atoms. The Kier molecular flexibility index (Phi) is 20.2. The largest absolute Gasteiger partial charge is 0.756 e. The third-order valence-electron chi connectivity index (χ3n) is 4.39. The minimum atomic E-state index is -4.32. The van der Waals surface area contributed by atoms with Crippen molar-refractivity contribution >= 4 is 23.5 Å². The number of hydrogen-bond acceptors (Lipinski definition) is 16. The van der Waals surface area contributed by atoms with Crippen LogP contribution in [0.2, 0.25) is 0 Å². The summed E-state index contributed by atoms with van der Waals surface area (Å²) in [7, 11) is -8.48. The van der Waals surface area contributed by atoms with Gasteiger partial charge in [0.05, 0.1) is 51.7 Å². The molecule has 0 radical (unpaired) electrons. The predicted octanol–water partition coefficient (Wildman–Crippen LogP) is 0.234. The van der Waals surface area contributed by atoms with Crippen molar-refractivity contribution in [2.24, 2.45) is 5.41 Å². The highest BCUT2D eigenvalue weighted by Crippen LogP contribution is 2.38. The third-order valence-corrected chi connectivity index (χ3v) is 7.23. The van der Waals surface area contributed by atoms with E-state index >= 15 is 0 Å². The van der Waals surface area contributed by atoms with Crippen LogP contribution in [0.1, 0.15) is 19.3 Å². The fourth-order valence-electron chi connectivity index (χ4n) is 2.59. The smallest absolute Gasteiger partial charge is 0.267 e. The Morgan fingerprint density at radius 1 is 0.514 bits per heavy atom. The molecule has 37 heavy (non-hydrogen) atoms. The first-order valence-corrected chi connectivity index (χ1v) is 15.5. The molecule has 0 N–H and O–H groups in total. The molecule has 19 heteroatoms. The van der Waals surface area contributed by atoms with Gasteiger partial charge in [0.2, 0.25) is 0 Å². The molecule has 0 amide bonds. The van der Waals surface area contributed by atoms with Crippen molar-refractivity contribution in [1.82, 2.24) is 0 Å². The molecule has 0 spiro atoms. The molecular formula is C18H38O16P3-3. The van der Waals surface area contributed by atoms with Gasteiger partial charge in [-0.15, -0.1) is 0 Å². The molecule has 0 aliphatic heterocycles. The van der Waals surface area contributed by atoms with Gasteiger partial charge < -0.3 is 60.8 Å². The van der Waals surface area contributed by atoms with Crippen LogP contribution in [0.5, 0.6) is 0 Å². The fourth-order valence-corrected chi connectivity index (χ4v) is 3.97. The molecular weight excluding hydrogens is 565 g/mol. The van der Waals surface area contributed by atoms with E-state index in [1.807, 2.05) is 0 Å². The van der Waals surface area contributed by atoms with Gasteiger partial charge in [0, 0.05) is 48.3 Å². The van der Waals surface area contributed by atoms with Crippen LogP contribution in [-0.4, -0.2) is 94.5 Å². The summed E-state index contributed by atoms with van der Waals surface area (Å²) in [6.45, 7) is 0.547. The highest BCUT2D eigenvalue weighted by Gasteiger charge is 2.32. The van der Waals surface area contributed by atoms with Gasteiger partial charge in [-0.2, -0.15) is 0 Å². The zero-order valence-electron chi connectivity index (χ0n) is 21.6. The molecule has 3 unspecified atom stereocenters. The van der Waals surface area contributed by atoms with Gasteiger partial charge in [0.1, 0.15) is 0 Å². The van der Waals surface area contributed by atoms with Crippen molar-refractivity contribution in [2.45, 2.75) is 19.3 Å². The topological polar surface area (TPSA) is 213 Å². The summed E-state index contributed by atoms with van der Waals surface area (Å²) < 4.78 is 82.5. The van der Waals surface area contributed by atoms with Gasteiger partial charge >= 0.3 is 0 Å². The van der Waals surface area contributed by atoms with E-state index in [9.17, 15) is 28.4 Å². The van der Waals surface area contributed by atoms with Crippen LogP contribution in [0.25, 0.3) is 0 Å². The molecule has 0 rings (SSSR count). The van der Waals surface area contributed by atoms with Crippen LogP contribution in [0.4, 0.5) is 0 Å². The van der Waals surface area contributed by atoms with E-state index in [0.717, 1.165) is 21.3 Å². The highest BCUT2D eigenvalue weighted by atomic mass is 31.2. The molecule has 0 aliphatic rings. The Morgan fingerprint density at radius 2 is 0.811 bits per heavy atom. The second-order valence-electron chi connectivity index (χ2n) is 7.54. The second kappa shape index (κ2) is 20.1. The quantitative estimate of drug-likeness (QED) is 0.0956. The van der Waals surface area contributed by atoms with Gasteiger partial charge in [-0.1, -0.05) is 0 Å². The van der Waals surface area contributed by atoms with Crippen LogP contribution < -0.4 is 14.7 Å². The van der Waals surface area contributed by atoms with E-state index in [1.165, 1.54) is 7.11 Å². The zero-order valence-corrected chi connectivity index (χ0v) is 24.2. The minimum absolute atomic E-state index is 0.103. The van der Waals surface area contributed by atoms with Crippen LogP contribution in [-0.2, 0) is 59.8 Å². The van der Waals surface area contributed by atoms with Crippen LogP contribution in [0.3, 0.4) is 0 Å². The molecule has 224 valence electrons. The number of hydrogen-bond donors (Lipinski definition) is 0. The fraction of sp³-hybridized carbons (Fsp3) is 1.00. The standard InChI is InChI=1S/C18H41O16P3/c1-25-14-18(15-29-8-5-11-32-35(19,20)26-2,16-30-9-6-12-33-36(21,22)27-3)17-31-10-7-13-34-37(23,24)28-4/h5-17H2,1-4H3,(H,19,20)(H,21,22)(H,23,24)/p-3. The summed E-state index contributed by atoms with van der Waals surface area (Å²) in [5, 5.41) is 0. The van der Waals surface area contributed by atoms with Crippen molar-refractivity contribution in [2.75, 3.05) is 94.5 Å². The van der Waals surface area contributed by atoms with Crippen molar-refractivity contribution in [1.29, 1.82) is 0 Å². The third kappa shape index (κ3) is 19.8. The Morgan fingerprint density at radius 3 is 1.05 bits per heavy atom. The first-order chi connectivity index (χ1) is 17.4. The Labute approximate surface area is 217 Å². The minimum Gasteiger partial charge on any atom is -0.756 e. The summed E-state index contributed by atoms with van der Waals surface area (Å²) in [4.78, 5) is 33.6. The average molecular weight is 603 g/mol.